The van der Waals surface area contributed by atoms with Gasteiger partial charge in [0.1, 0.15) is 60.4 Å². The molecular formula is C58H102N16O12. The number of hydrogen-bond donors (Lipinski definition) is 17. The normalized spacial score (nSPS) is 22.5. The SMILES string of the molecule is CC[C@H](C)CCCCC(=O)N[C@@H](CCN)C(=O)N[C@H](C(=O)N[C@@H](CCN)C(=O)N[C@H]1CCNC(=O)[C@H](CC(C)C)NC(=O)[C@H](CCN)NC(=O)[C@H](CCN)NC(=O)[C@H](CC(C)C)NC(=O)[C@@H](Cc2ccccc2)NC(=O)[C@H](CCN)NC1=O)[C@@H](C)O. The smallest absolute Gasteiger partial charge is 0.245 e. The first kappa shape index (κ1) is 75.2. The molecule has 0 spiro atoms. The quantitative estimate of drug-likeness (QED) is 0.0331. The summed E-state index contributed by atoms with van der Waals surface area (Å²) >= 11 is 0. The first-order valence-electron chi connectivity index (χ1n) is 30.4. The third-order valence-electron chi connectivity index (χ3n) is 14.5. The van der Waals surface area contributed by atoms with Crippen LogP contribution >= 0.6 is 0 Å². The van der Waals surface area contributed by atoms with Gasteiger partial charge in [-0.3, -0.25) is 52.7 Å². The van der Waals surface area contributed by atoms with E-state index in [4.69, 9.17) is 28.7 Å². The summed E-state index contributed by atoms with van der Waals surface area (Å²) in [6.45, 7) is 11.8. The minimum Gasteiger partial charge on any atom is -0.391 e. The molecule has 28 nitrogen and oxygen atoms in total. The number of aliphatic hydroxyl groups excluding tert-OH is 1. The van der Waals surface area contributed by atoms with E-state index in [-0.39, 0.29) is 115 Å². The Kier molecular flexibility index (Phi) is 35.5. The molecule has 1 aliphatic heterocycles. The van der Waals surface area contributed by atoms with Crippen molar-refractivity contribution in [1.29, 1.82) is 0 Å². The fraction of sp³-hybridized carbons (Fsp3) is 0.707. The minimum absolute atomic E-state index is 0.00468. The second-order valence-electron chi connectivity index (χ2n) is 23.0. The maximum atomic E-state index is 14.6. The zero-order valence-corrected chi connectivity index (χ0v) is 51.4. The van der Waals surface area contributed by atoms with E-state index in [1.165, 1.54) is 6.92 Å². The summed E-state index contributed by atoms with van der Waals surface area (Å²) in [4.78, 5) is 155. The van der Waals surface area contributed by atoms with Gasteiger partial charge in [0.15, 0.2) is 0 Å². The molecule has 1 aliphatic rings. The van der Waals surface area contributed by atoms with Crippen LogP contribution < -0.4 is 87.2 Å². The van der Waals surface area contributed by atoms with Gasteiger partial charge in [0.25, 0.3) is 0 Å². The molecule has 1 heterocycles. The van der Waals surface area contributed by atoms with E-state index in [2.05, 4.69) is 72.3 Å². The van der Waals surface area contributed by atoms with Crippen LogP contribution in [0.15, 0.2) is 30.3 Å². The Labute approximate surface area is 506 Å². The Bertz CT molecular complexity index is 2330. The van der Waals surface area contributed by atoms with Crippen molar-refractivity contribution in [1.82, 2.24) is 58.5 Å². The number of hydrogen-bond acceptors (Lipinski definition) is 17. The number of carbonyl (C=O) groups excluding carboxylic acids is 11. The average Bonchev–Trinajstić information content (AvgIpc) is 3.67. The molecule has 0 saturated carbocycles. The lowest BCUT2D eigenvalue weighted by molar-refractivity contribution is -0.137. The lowest BCUT2D eigenvalue weighted by atomic mass is 10.00. The summed E-state index contributed by atoms with van der Waals surface area (Å²) in [6.07, 6.45) is 0.991. The summed E-state index contributed by atoms with van der Waals surface area (Å²) in [6, 6.07) is -5.32. The van der Waals surface area contributed by atoms with Crippen LogP contribution in [0.3, 0.4) is 0 Å². The zero-order chi connectivity index (χ0) is 64.5. The first-order valence-corrected chi connectivity index (χ1v) is 30.4. The van der Waals surface area contributed by atoms with Gasteiger partial charge in [-0.2, -0.15) is 0 Å². The van der Waals surface area contributed by atoms with Crippen molar-refractivity contribution in [3.05, 3.63) is 35.9 Å². The fourth-order valence-corrected chi connectivity index (χ4v) is 9.45. The maximum Gasteiger partial charge on any atom is 0.245 e. The largest absolute Gasteiger partial charge is 0.391 e. The molecular weight excluding hydrogens is 1110 g/mol. The van der Waals surface area contributed by atoms with Crippen molar-refractivity contribution >= 4 is 65.0 Å². The van der Waals surface area contributed by atoms with E-state index in [1.54, 1.807) is 58.0 Å². The summed E-state index contributed by atoms with van der Waals surface area (Å²) in [5.74, 6) is -8.87. The van der Waals surface area contributed by atoms with Crippen LogP contribution in [-0.2, 0) is 59.2 Å². The fourth-order valence-electron chi connectivity index (χ4n) is 9.45. The number of amides is 11. The summed E-state index contributed by atoms with van der Waals surface area (Å²) < 4.78 is 0. The molecule has 1 aromatic carbocycles. The highest BCUT2D eigenvalue weighted by molar-refractivity contribution is 5.99. The van der Waals surface area contributed by atoms with Crippen molar-refractivity contribution in [2.24, 2.45) is 46.4 Å². The summed E-state index contributed by atoms with van der Waals surface area (Å²) in [5.41, 5.74) is 30.1. The number of unbranched alkanes of at least 4 members (excludes halogenated alkanes) is 1. The topological polar surface area (TPSA) is 470 Å². The van der Waals surface area contributed by atoms with Crippen LogP contribution in [-0.4, -0.2) is 176 Å². The Morgan fingerprint density at radius 1 is 0.535 bits per heavy atom. The predicted octanol–water partition coefficient (Wildman–Crippen LogP) is -3.58. The Hall–Kier alpha value is -6.85. The molecule has 2 rings (SSSR count). The number of benzene rings is 1. The number of carbonyl (C=O) groups is 11. The van der Waals surface area contributed by atoms with Crippen molar-refractivity contribution in [3.8, 4) is 0 Å². The monoisotopic (exact) mass is 1210 g/mol. The Morgan fingerprint density at radius 3 is 1.47 bits per heavy atom. The van der Waals surface area contributed by atoms with Crippen molar-refractivity contribution in [3.63, 3.8) is 0 Å². The molecule has 0 radical (unpaired) electrons. The van der Waals surface area contributed by atoms with Gasteiger partial charge in [-0.15, -0.1) is 0 Å². The Balaban J connectivity index is 2.69. The highest BCUT2D eigenvalue weighted by atomic mass is 16.3. The second kappa shape index (κ2) is 40.5. The maximum absolute atomic E-state index is 14.6. The lowest BCUT2D eigenvalue weighted by Crippen LogP contribution is -2.62. The standard InChI is InChI=1S/C58H102N16O12/c1-8-35(6)14-12-13-17-47(76)65-38(18-24-59)55(83)74-48(36(7)75)58(86)70-42(22-28-63)51(79)69-43-23-29-64-49(77)44(30-33(2)3)71-52(80)40(20-26-61)66-50(78)39(19-25-60)68-56(84)45(31-34(4)5)72-57(85)46(32-37-15-10-9-11-16-37)73-53(81)41(21-27-62)67-54(43)82/h9-11,15-16,33-36,38-46,48,75H,8,12-14,17-32,59-63H2,1-7H3,(H,64,77)(H,65,76)(H,66,78)(H,67,82)(H,68,84)(H,69,79)(H,70,86)(H,71,80)(H,72,85)(H,73,81)(H,74,83)/t35-,36+,38-,39-,40-,41-,42-,43-,44-,45-,46+,48-/m0/s1. The highest BCUT2D eigenvalue weighted by Crippen LogP contribution is 2.14. The molecule has 28 heteroatoms. The van der Waals surface area contributed by atoms with Crippen molar-refractivity contribution in [2.45, 2.75) is 205 Å². The van der Waals surface area contributed by atoms with Gasteiger partial charge in [-0.1, -0.05) is 91.1 Å². The molecule has 486 valence electrons. The van der Waals surface area contributed by atoms with Crippen molar-refractivity contribution in [2.75, 3.05) is 39.3 Å². The first-order chi connectivity index (χ1) is 40.8. The van der Waals surface area contributed by atoms with Crippen molar-refractivity contribution < 1.29 is 57.8 Å². The number of aliphatic hydroxyl groups is 1. The lowest BCUT2D eigenvalue weighted by Gasteiger charge is -2.29. The molecule has 12 atom stereocenters. The molecule has 1 fully saturated rings. The van der Waals surface area contributed by atoms with E-state index < -0.39 is 132 Å². The average molecular weight is 1220 g/mol. The van der Waals surface area contributed by atoms with E-state index in [0.29, 0.717) is 17.9 Å². The van der Waals surface area contributed by atoms with Gasteiger partial charge in [-0.05, 0) is 121 Å². The third-order valence-corrected chi connectivity index (χ3v) is 14.5. The highest BCUT2D eigenvalue weighted by Gasteiger charge is 2.37. The van der Waals surface area contributed by atoms with E-state index in [9.17, 15) is 57.8 Å². The van der Waals surface area contributed by atoms with E-state index in [1.807, 2.05) is 0 Å². The molecule has 86 heavy (non-hydrogen) atoms. The van der Waals surface area contributed by atoms with Crippen LogP contribution in [0, 0.1) is 17.8 Å². The molecule has 22 N–H and O–H groups in total. The predicted molar refractivity (Wildman–Crippen MR) is 324 cm³/mol. The van der Waals surface area contributed by atoms with Crippen LogP contribution in [0.4, 0.5) is 0 Å². The third kappa shape index (κ3) is 27.7. The van der Waals surface area contributed by atoms with Gasteiger partial charge >= 0.3 is 0 Å². The summed E-state index contributed by atoms with van der Waals surface area (Å²) in [7, 11) is 0. The van der Waals surface area contributed by atoms with Gasteiger partial charge < -0.3 is 92.3 Å². The molecule has 0 aliphatic carbocycles. The second-order valence-corrected chi connectivity index (χ2v) is 23.0. The number of rotatable bonds is 30. The molecule has 1 aromatic rings. The van der Waals surface area contributed by atoms with Crippen LogP contribution in [0.2, 0.25) is 0 Å². The zero-order valence-electron chi connectivity index (χ0n) is 51.4. The number of nitrogens with two attached hydrogens (primary N) is 5. The Morgan fingerprint density at radius 2 is 0.988 bits per heavy atom. The molecule has 0 unspecified atom stereocenters. The van der Waals surface area contributed by atoms with Gasteiger partial charge in [-0.25, -0.2) is 0 Å². The van der Waals surface area contributed by atoms with E-state index >= 15 is 0 Å². The van der Waals surface area contributed by atoms with Gasteiger partial charge in [0, 0.05) is 19.4 Å². The number of nitrogens with one attached hydrogen (secondary N) is 11. The van der Waals surface area contributed by atoms with E-state index in [0.717, 1.165) is 19.3 Å². The summed E-state index contributed by atoms with van der Waals surface area (Å²) in [5, 5.41) is 39.8. The van der Waals surface area contributed by atoms with Gasteiger partial charge in [0.05, 0.1) is 6.10 Å². The van der Waals surface area contributed by atoms with Crippen LogP contribution in [0.5, 0.6) is 0 Å². The van der Waals surface area contributed by atoms with Gasteiger partial charge in [0.2, 0.25) is 65.0 Å². The molecule has 0 aromatic heterocycles. The van der Waals surface area contributed by atoms with Crippen LogP contribution in [0.1, 0.15) is 138 Å². The molecule has 1 saturated heterocycles. The molecule has 11 amide bonds. The van der Waals surface area contributed by atoms with Crippen LogP contribution in [0.25, 0.3) is 0 Å². The minimum atomic E-state index is -1.68. The molecule has 0 bridgehead atoms.